The summed E-state index contributed by atoms with van der Waals surface area (Å²) in [7, 11) is -1.27. The SMILES string of the molecule is CO/C(N)=N\S(=O)(=O)c1ccc(OC)c(N)c1. The van der Waals surface area contributed by atoms with Crippen molar-refractivity contribution in [1.82, 2.24) is 0 Å². The zero-order chi connectivity index (χ0) is 13.1. The van der Waals surface area contributed by atoms with Gasteiger partial charge in [0.05, 0.1) is 24.8 Å². The molecule has 0 radical (unpaired) electrons. The molecule has 17 heavy (non-hydrogen) atoms. The van der Waals surface area contributed by atoms with Gasteiger partial charge in [-0.3, -0.25) is 0 Å². The molecular weight excluding hydrogens is 246 g/mol. The first-order valence-electron chi connectivity index (χ1n) is 4.48. The lowest BCUT2D eigenvalue weighted by Gasteiger charge is -2.06. The van der Waals surface area contributed by atoms with Gasteiger partial charge in [-0.15, -0.1) is 4.40 Å². The first kappa shape index (κ1) is 13.1. The van der Waals surface area contributed by atoms with Crippen molar-refractivity contribution in [2.24, 2.45) is 10.1 Å². The molecule has 0 fully saturated rings. The zero-order valence-electron chi connectivity index (χ0n) is 9.38. The first-order chi connectivity index (χ1) is 7.90. The Bertz CT molecular complexity index is 539. The van der Waals surface area contributed by atoms with Gasteiger partial charge in [0.1, 0.15) is 5.75 Å². The molecule has 8 heteroatoms. The van der Waals surface area contributed by atoms with E-state index in [9.17, 15) is 8.42 Å². The largest absolute Gasteiger partial charge is 0.495 e. The van der Waals surface area contributed by atoms with Gasteiger partial charge in [-0.2, -0.15) is 8.42 Å². The Kier molecular flexibility index (Phi) is 3.79. The smallest absolute Gasteiger partial charge is 0.297 e. The van der Waals surface area contributed by atoms with Crippen molar-refractivity contribution in [2.75, 3.05) is 20.0 Å². The molecule has 0 amide bonds. The van der Waals surface area contributed by atoms with Gasteiger partial charge >= 0.3 is 0 Å². The Morgan fingerprint density at radius 2 is 2.00 bits per heavy atom. The molecule has 0 unspecified atom stereocenters. The third-order valence-electron chi connectivity index (χ3n) is 1.92. The maximum Gasteiger partial charge on any atom is 0.297 e. The summed E-state index contributed by atoms with van der Waals surface area (Å²) in [6, 6.07) is 3.54. The van der Waals surface area contributed by atoms with Crippen molar-refractivity contribution in [2.45, 2.75) is 4.90 Å². The second kappa shape index (κ2) is 4.91. The summed E-state index contributed by atoms with van der Waals surface area (Å²) in [6.07, 6.45) is 0. The first-order valence-corrected chi connectivity index (χ1v) is 5.92. The van der Waals surface area contributed by atoms with E-state index in [2.05, 4.69) is 9.13 Å². The van der Waals surface area contributed by atoms with Crippen LogP contribution in [-0.2, 0) is 14.8 Å². The molecule has 0 aliphatic heterocycles. The van der Waals surface area contributed by atoms with Crippen LogP contribution in [0.15, 0.2) is 27.5 Å². The van der Waals surface area contributed by atoms with E-state index in [4.69, 9.17) is 16.2 Å². The second-order valence-corrected chi connectivity index (χ2v) is 4.62. The lowest BCUT2D eigenvalue weighted by Crippen LogP contribution is -2.16. The molecule has 0 atom stereocenters. The van der Waals surface area contributed by atoms with Gasteiger partial charge in [0, 0.05) is 0 Å². The third kappa shape index (κ3) is 3.00. The van der Waals surface area contributed by atoms with E-state index in [1.165, 1.54) is 32.4 Å². The topological polar surface area (TPSA) is 117 Å². The van der Waals surface area contributed by atoms with Gasteiger partial charge in [0.15, 0.2) is 0 Å². The number of anilines is 1. The highest BCUT2D eigenvalue weighted by Crippen LogP contribution is 2.25. The molecule has 1 rings (SSSR count). The van der Waals surface area contributed by atoms with Crippen molar-refractivity contribution >= 4 is 21.7 Å². The predicted octanol–water partition coefficient (Wildman–Crippen LogP) is -0.0728. The minimum atomic E-state index is -3.92. The molecule has 0 aromatic heterocycles. The number of ether oxygens (including phenoxy) is 2. The van der Waals surface area contributed by atoms with Crippen LogP contribution in [0.2, 0.25) is 0 Å². The van der Waals surface area contributed by atoms with Crippen molar-refractivity contribution in [3.63, 3.8) is 0 Å². The number of benzene rings is 1. The van der Waals surface area contributed by atoms with Crippen LogP contribution in [0.1, 0.15) is 0 Å². The molecule has 0 saturated carbocycles. The van der Waals surface area contributed by atoms with E-state index >= 15 is 0 Å². The molecule has 0 bridgehead atoms. The van der Waals surface area contributed by atoms with Crippen LogP contribution in [0.25, 0.3) is 0 Å². The van der Waals surface area contributed by atoms with Crippen molar-refractivity contribution < 1.29 is 17.9 Å². The van der Waals surface area contributed by atoms with E-state index in [0.717, 1.165) is 0 Å². The quantitative estimate of drug-likeness (QED) is 0.445. The summed E-state index contributed by atoms with van der Waals surface area (Å²) in [5.74, 6) is 0.382. The van der Waals surface area contributed by atoms with Gasteiger partial charge in [-0.25, -0.2) is 0 Å². The summed E-state index contributed by atoms with van der Waals surface area (Å²) in [6.45, 7) is 0. The molecule has 0 saturated heterocycles. The molecule has 1 aromatic rings. The van der Waals surface area contributed by atoms with E-state index in [1.54, 1.807) is 0 Å². The van der Waals surface area contributed by atoms with Crippen LogP contribution in [-0.4, -0.2) is 28.7 Å². The van der Waals surface area contributed by atoms with Gasteiger partial charge in [-0.05, 0) is 18.2 Å². The van der Waals surface area contributed by atoms with Gasteiger partial charge in [0.25, 0.3) is 16.0 Å². The number of nitrogens with two attached hydrogens (primary N) is 2. The van der Waals surface area contributed by atoms with Crippen LogP contribution in [0, 0.1) is 0 Å². The minimum absolute atomic E-state index is 0.0872. The Labute approximate surface area is 99.1 Å². The summed E-state index contributed by atoms with van der Waals surface area (Å²) in [4.78, 5) is -0.0872. The highest BCUT2D eigenvalue weighted by Gasteiger charge is 2.15. The Hall–Kier alpha value is -1.96. The van der Waals surface area contributed by atoms with Crippen molar-refractivity contribution in [1.29, 1.82) is 0 Å². The summed E-state index contributed by atoms with van der Waals surface area (Å²) < 4.78 is 36.0. The Morgan fingerprint density at radius 1 is 1.35 bits per heavy atom. The van der Waals surface area contributed by atoms with E-state index < -0.39 is 16.0 Å². The minimum Gasteiger partial charge on any atom is -0.495 e. The van der Waals surface area contributed by atoms with Gasteiger partial charge < -0.3 is 20.9 Å². The fraction of sp³-hybridized carbons (Fsp3) is 0.222. The number of amidine groups is 1. The molecule has 0 aliphatic carbocycles. The maximum absolute atomic E-state index is 11.7. The standard InChI is InChI=1S/C9H13N3O4S/c1-15-8-4-3-6(5-7(8)10)17(13,14)12-9(11)16-2/h3-5H,10H2,1-2H3,(H2,11,12). The van der Waals surface area contributed by atoms with E-state index in [-0.39, 0.29) is 10.6 Å². The summed E-state index contributed by atoms with van der Waals surface area (Å²) >= 11 is 0. The average molecular weight is 259 g/mol. The molecule has 94 valence electrons. The highest BCUT2D eigenvalue weighted by atomic mass is 32.2. The third-order valence-corrected chi connectivity index (χ3v) is 3.19. The number of hydrogen-bond acceptors (Lipinski definition) is 5. The van der Waals surface area contributed by atoms with Crippen LogP contribution < -0.4 is 16.2 Å². The lowest BCUT2D eigenvalue weighted by molar-refractivity contribution is 0.397. The molecule has 0 spiro atoms. The molecule has 7 nitrogen and oxygen atoms in total. The zero-order valence-corrected chi connectivity index (χ0v) is 10.2. The average Bonchev–Trinajstić information content (AvgIpc) is 2.28. The highest BCUT2D eigenvalue weighted by molar-refractivity contribution is 7.90. The van der Waals surface area contributed by atoms with Crippen LogP contribution >= 0.6 is 0 Å². The molecule has 1 aromatic carbocycles. The van der Waals surface area contributed by atoms with Gasteiger partial charge in [-0.1, -0.05) is 0 Å². The van der Waals surface area contributed by atoms with Crippen LogP contribution in [0.3, 0.4) is 0 Å². The fourth-order valence-electron chi connectivity index (χ4n) is 1.08. The van der Waals surface area contributed by atoms with Gasteiger partial charge in [0.2, 0.25) is 0 Å². The maximum atomic E-state index is 11.7. The lowest BCUT2D eigenvalue weighted by atomic mass is 10.3. The number of methoxy groups -OCH3 is 2. The van der Waals surface area contributed by atoms with Crippen LogP contribution in [0.5, 0.6) is 5.75 Å². The monoisotopic (exact) mass is 259 g/mol. The Morgan fingerprint density at radius 3 is 2.47 bits per heavy atom. The number of nitrogens with zero attached hydrogens (tertiary/aromatic N) is 1. The molecule has 0 heterocycles. The summed E-state index contributed by atoms with van der Waals surface area (Å²) in [5.41, 5.74) is 11.0. The summed E-state index contributed by atoms with van der Waals surface area (Å²) in [5, 5.41) is 0. The predicted molar refractivity (Wildman–Crippen MR) is 63.2 cm³/mol. The van der Waals surface area contributed by atoms with E-state index in [1.807, 2.05) is 0 Å². The normalized spacial score (nSPS) is 12.2. The number of sulfonamides is 1. The fourth-order valence-corrected chi connectivity index (χ4v) is 2.01. The Balaban J connectivity index is 3.22. The second-order valence-electron chi connectivity index (χ2n) is 3.01. The molecular formula is C9H13N3O4S. The number of rotatable bonds is 3. The van der Waals surface area contributed by atoms with Crippen molar-refractivity contribution in [3.8, 4) is 5.75 Å². The van der Waals surface area contributed by atoms with Crippen LogP contribution in [0.4, 0.5) is 5.69 Å². The number of nitrogen functional groups attached to an aromatic ring is 1. The molecule has 4 N–H and O–H groups in total. The number of hydrogen-bond donors (Lipinski definition) is 2. The van der Waals surface area contributed by atoms with Crippen molar-refractivity contribution in [3.05, 3.63) is 18.2 Å². The molecule has 0 aliphatic rings. The van der Waals surface area contributed by atoms with E-state index in [0.29, 0.717) is 5.75 Å².